The van der Waals surface area contributed by atoms with Crippen molar-refractivity contribution in [2.75, 3.05) is 13.7 Å². The lowest BCUT2D eigenvalue weighted by Gasteiger charge is -2.04. The monoisotopic (exact) mass is 216 g/mol. The molecule has 0 aliphatic heterocycles. The second kappa shape index (κ2) is 4.80. The van der Waals surface area contributed by atoms with Gasteiger partial charge in [0.15, 0.2) is 0 Å². The molecule has 0 aliphatic rings. The van der Waals surface area contributed by atoms with Crippen molar-refractivity contribution in [3.63, 3.8) is 0 Å². The van der Waals surface area contributed by atoms with Crippen LogP contribution in [0.3, 0.4) is 0 Å². The standard InChI is InChI=1S/C4H9IO2/c1-3-7-4(5)6-2/h4H,3H2,1-2H3. The summed E-state index contributed by atoms with van der Waals surface area (Å²) in [6, 6.07) is 0. The smallest absolute Gasteiger partial charge is 0.210 e. The Morgan fingerprint density at radius 2 is 2.29 bits per heavy atom. The van der Waals surface area contributed by atoms with Gasteiger partial charge < -0.3 is 9.47 Å². The van der Waals surface area contributed by atoms with Crippen LogP contribution in [0.4, 0.5) is 0 Å². The molecule has 0 rings (SSSR count). The lowest BCUT2D eigenvalue weighted by Crippen LogP contribution is -2.04. The lowest BCUT2D eigenvalue weighted by molar-refractivity contribution is -0.0422. The van der Waals surface area contributed by atoms with Gasteiger partial charge in [-0.15, -0.1) is 0 Å². The van der Waals surface area contributed by atoms with E-state index in [0.717, 1.165) is 0 Å². The minimum Gasteiger partial charge on any atom is -0.347 e. The molecule has 1 unspecified atom stereocenters. The van der Waals surface area contributed by atoms with Crippen LogP contribution in [0.1, 0.15) is 6.92 Å². The number of rotatable bonds is 3. The van der Waals surface area contributed by atoms with Crippen LogP contribution in [0.15, 0.2) is 0 Å². The third kappa shape index (κ3) is 4.50. The van der Waals surface area contributed by atoms with E-state index in [1.54, 1.807) is 7.11 Å². The molecule has 44 valence electrons. The summed E-state index contributed by atoms with van der Waals surface area (Å²) >= 11 is 2.06. The Morgan fingerprint density at radius 3 is 2.43 bits per heavy atom. The van der Waals surface area contributed by atoms with Crippen molar-refractivity contribution < 1.29 is 9.47 Å². The second-order valence-corrected chi connectivity index (χ2v) is 1.98. The van der Waals surface area contributed by atoms with Crippen LogP contribution < -0.4 is 0 Å². The van der Waals surface area contributed by atoms with Gasteiger partial charge in [-0.3, -0.25) is 0 Å². The van der Waals surface area contributed by atoms with Gasteiger partial charge in [-0.1, -0.05) is 0 Å². The summed E-state index contributed by atoms with van der Waals surface area (Å²) in [5, 5.41) is 0. The average Bonchev–Trinajstić information content (AvgIpc) is 1.68. The molecule has 2 nitrogen and oxygen atoms in total. The van der Waals surface area contributed by atoms with Crippen LogP contribution in [0.25, 0.3) is 0 Å². The fraction of sp³-hybridized carbons (Fsp3) is 1.00. The van der Waals surface area contributed by atoms with Crippen molar-refractivity contribution in [1.29, 1.82) is 0 Å². The predicted molar refractivity (Wildman–Crippen MR) is 36.4 cm³/mol. The number of alkyl halides is 1. The molecule has 0 aromatic rings. The van der Waals surface area contributed by atoms with E-state index in [0.29, 0.717) is 6.61 Å². The fourth-order valence-corrected chi connectivity index (χ4v) is 0.559. The highest BCUT2D eigenvalue weighted by atomic mass is 127. The van der Waals surface area contributed by atoms with Crippen LogP contribution >= 0.6 is 22.6 Å². The summed E-state index contributed by atoms with van der Waals surface area (Å²) in [7, 11) is 1.62. The molecule has 3 heteroatoms. The molecular formula is C4H9IO2. The van der Waals surface area contributed by atoms with Crippen molar-refractivity contribution >= 4 is 22.6 Å². The minimum absolute atomic E-state index is 0.0809. The first-order chi connectivity index (χ1) is 3.31. The van der Waals surface area contributed by atoms with Gasteiger partial charge in [0.25, 0.3) is 0 Å². The molecule has 1 atom stereocenters. The molecule has 0 aromatic carbocycles. The summed E-state index contributed by atoms with van der Waals surface area (Å²) in [6.45, 7) is 2.64. The first kappa shape index (κ1) is 7.65. The Balaban J connectivity index is 2.83. The highest BCUT2D eigenvalue weighted by Gasteiger charge is 1.94. The Morgan fingerprint density at radius 1 is 1.71 bits per heavy atom. The molecule has 0 amide bonds. The van der Waals surface area contributed by atoms with E-state index >= 15 is 0 Å². The summed E-state index contributed by atoms with van der Waals surface area (Å²) < 4.78 is 9.63. The average molecular weight is 216 g/mol. The molecule has 0 saturated carbocycles. The van der Waals surface area contributed by atoms with Crippen LogP contribution in [0.2, 0.25) is 0 Å². The maximum atomic E-state index is 4.96. The van der Waals surface area contributed by atoms with E-state index in [1.165, 1.54) is 0 Å². The van der Waals surface area contributed by atoms with Gasteiger partial charge in [0.05, 0.1) is 0 Å². The number of hydrogen-bond acceptors (Lipinski definition) is 2. The van der Waals surface area contributed by atoms with Gasteiger partial charge >= 0.3 is 0 Å². The van der Waals surface area contributed by atoms with Gasteiger partial charge in [0.1, 0.15) is 0 Å². The summed E-state index contributed by atoms with van der Waals surface area (Å²) in [4.78, 5) is 0. The first-order valence-electron chi connectivity index (χ1n) is 2.09. The van der Waals surface area contributed by atoms with E-state index in [-0.39, 0.29) is 4.30 Å². The van der Waals surface area contributed by atoms with E-state index in [2.05, 4.69) is 22.6 Å². The highest BCUT2D eigenvalue weighted by Crippen LogP contribution is 2.00. The molecule has 0 fully saturated rings. The van der Waals surface area contributed by atoms with Crippen molar-refractivity contribution in [3.8, 4) is 0 Å². The number of ether oxygens (including phenoxy) is 2. The maximum absolute atomic E-state index is 4.96. The summed E-state index contributed by atoms with van der Waals surface area (Å²) in [5.74, 6) is 0. The number of methoxy groups -OCH3 is 1. The molecule has 7 heavy (non-hydrogen) atoms. The Hall–Kier alpha value is 0.650. The van der Waals surface area contributed by atoms with Gasteiger partial charge in [0.2, 0.25) is 4.30 Å². The third-order valence-electron chi connectivity index (χ3n) is 0.483. The van der Waals surface area contributed by atoms with Crippen molar-refractivity contribution in [1.82, 2.24) is 0 Å². The third-order valence-corrected chi connectivity index (χ3v) is 1.35. The topological polar surface area (TPSA) is 18.5 Å². The largest absolute Gasteiger partial charge is 0.347 e. The molecule has 0 spiro atoms. The molecule has 0 saturated heterocycles. The predicted octanol–water partition coefficient (Wildman–Crippen LogP) is 1.39. The van der Waals surface area contributed by atoms with E-state index in [4.69, 9.17) is 9.47 Å². The zero-order valence-electron chi connectivity index (χ0n) is 4.48. The number of halogens is 1. The zero-order chi connectivity index (χ0) is 5.70. The normalized spacial score (nSPS) is 14.1. The highest BCUT2D eigenvalue weighted by molar-refractivity contribution is 14.1. The van der Waals surface area contributed by atoms with E-state index < -0.39 is 0 Å². The molecule has 0 aliphatic carbocycles. The quantitative estimate of drug-likeness (QED) is 0.403. The van der Waals surface area contributed by atoms with Gasteiger partial charge in [-0.2, -0.15) is 0 Å². The van der Waals surface area contributed by atoms with Crippen molar-refractivity contribution in [2.45, 2.75) is 11.2 Å². The van der Waals surface area contributed by atoms with E-state index in [1.807, 2.05) is 6.92 Å². The Bertz CT molecular complexity index is 40.7. The summed E-state index contributed by atoms with van der Waals surface area (Å²) in [6.07, 6.45) is 0. The molecule has 0 heterocycles. The fourth-order valence-electron chi connectivity index (χ4n) is 0.199. The molecule has 0 aromatic heterocycles. The zero-order valence-corrected chi connectivity index (χ0v) is 6.64. The van der Waals surface area contributed by atoms with Crippen LogP contribution in [-0.4, -0.2) is 18.0 Å². The van der Waals surface area contributed by atoms with Crippen LogP contribution in [0.5, 0.6) is 0 Å². The van der Waals surface area contributed by atoms with Crippen molar-refractivity contribution in [2.24, 2.45) is 0 Å². The molecular weight excluding hydrogens is 207 g/mol. The minimum atomic E-state index is -0.0809. The van der Waals surface area contributed by atoms with Gasteiger partial charge in [-0.25, -0.2) is 0 Å². The molecule has 0 bridgehead atoms. The Labute approximate surface area is 57.3 Å². The van der Waals surface area contributed by atoms with Crippen molar-refractivity contribution in [3.05, 3.63) is 0 Å². The molecule has 0 radical (unpaired) electrons. The molecule has 0 N–H and O–H groups in total. The van der Waals surface area contributed by atoms with Crippen LogP contribution in [-0.2, 0) is 9.47 Å². The summed E-state index contributed by atoms with van der Waals surface area (Å²) in [5.41, 5.74) is 0. The first-order valence-corrected chi connectivity index (χ1v) is 3.34. The van der Waals surface area contributed by atoms with Crippen LogP contribution in [0, 0.1) is 0 Å². The maximum Gasteiger partial charge on any atom is 0.210 e. The van der Waals surface area contributed by atoms with Gasteiger partial charge in [0, 0.05) is 13.7 Å². The second-order valence-electron chi connectivity index (χ2n) is 0.965. The SMILES string of the molecule is CCOC(I)OC. The number of hydrogen-bond donors (Lipinski definition) is 0. The van der Waals surface area contributed by atoms with Gasteiger partial charge in [-0.05, 0) is 29.5 Å². The lowest BCUT2D eigenvalue weighted by atomic mass is 10.9. The Kier molecular flexibility index (Phi) is 5.25. The van der Waals surface area contributed by atoms with E-state index in [9.17, 15) is 0 Å².